The van der Waals surface area contributed by atoms with E-state index >= 15 is 0 Å². The van der Waals surface area contributed by atoms with E-state index in [1.165, 1.54) is 0 Å². The minimum absolute atomic E-state index is 0.623. The van der Waals surface area contributed by atoms with Crippen LogP contribution in [-0.2, 0) is 5.33 Å². The van der Waals surface area contributed by atoms with Crippen LogP contribution in [0.1, 0.15) is 18.1 Å². The number of ether oxygens (including phenoxy) is 2. The fraction of sp³-hybridized carbons (Fsp3) is 0.267. The first-order valence-corrected chi connectivity index (χ1v) is 7.27. The van der Waals surface area contributed by atoms with Gasteiger partial charge in [-0.25, -0.2) is 4.98 Å². The predicted octanol–water partition coefficient (Wildman–Crippen LogP) is 4.48. The van der Waals surface area contributed by atoms with Gasteiger partial charge in [0.05, 0.1) is 6.61 Å². The van der Waals surface area contributed by atoms with Gasteiger partial charge in [0, 0.05) is 23.2 Å². The van der Waals surface area contributed by atoms with Gasteiger partial charge < -0.3 is 9.47 Å². The zero-order valence-electron chi connectivity index (χ0n) is 11.0. The lowest BCUT2D eigenvalue weighted by Crippen LogP contribution is -1.94. The Bertz CT molecular complexity index is 558. The summed E-state index contributed by atoms with van der Waals surface area (Å²) in [5.74, 6) is 2.15. The van der Waals surface area contributed by atoms with E-state index in [0.29, 0.717) is 12.5 Å². The standard InChI is InChI=1S/C15H16BrNO2/c1-3-18-13-5-4-6-14(8-13)19-15-11(2)7-12(9-16)10-17-15/h4-8,10H,3,9H2,1-2H3. The zero-order chi connectivity index (χ0) is 13.7. The van der Waals surface area contributed by atoms with Crippen LogP contribution in [0.25, 0.3) is 0 Å². The molecule has 2 rings (SSSR count). The molecule has 0 saturated heterocycles. The van der Waals surface area contributed by atoms with Crippen LogP contribution in [0.4, 0.5) is 0 Å². The third-order valence-corrected chi connectivity index (χ3v) is 3.22. The molecule has 1 heterocycles. The van der Waals surface area contributed by atoms with Crippen LogP contribution in [0.15, 0.2) is 36.5 Å². The molecule has 0 N–H and O–H groups in total. The van der Waals surface area contributed by atoms with Gasteiger partial charge in [0.1, 0.15) is 11.5 Å². The molecule has 0 aliphatic rings. The monoisotopic (exact) mass is 321 g/mol. The van der Waals surface area contributed by atoms with Gasteiger partial charge in [0.2, 0.25) is 5.88 Å². The van der Waals surface area contributed by atoms with Gasteiger partial charge in [-0.05, 0) is 37.6 Å². The Morgan fingerprint density at radius 2 is 2.00 bits per heavy atom. The predicted molar refractivity (Wildman–Crippen MR) is 79.3 cm³/mol. The Morgan fingerprint density at radius 1 is 1.21 bits per heavy atom. The summed E-state index contributed by atoms with van der Waals surface area (Å²) in [4.78, 5) is 4.33. The molecule has 1 aromatic heterocycles. The van der Waals surface area contributed by atoms with E-state index < -0.39 is 0 Å². The van der Waals surface area contributed by atoms with Crippen molar-refractivity contribution in [3.63, 3.8) is 0 Å². The molecule has 0 radical (unpaired) electrons. The Labute approximate surface area is 121 Å². The summed E-state index contributed by atoms with van der Waals surface area (Å²) in [6, 6.07) is 9.63. The first-order valence-electron chi connectivity index (χ1n) is 6.15. The van der Waals surface area contributed by atoms with Gasteiger partial charge >= 0.3 is 0 Å². The number of alkyl halides is 1. The minimum Gasteiger partial charge on any atom is -0.494 e. The van der Waals surface area contributed by atoms with E-state index in [1.807, 2.05) is 44.3 Å². The number of benzene rings is 1. The fourth-order valence-electron chi connectivity index (χ4n) is 1.71. The number of pyridine rings is 1. The highest BCUT2D eigenvalue weighted by Gasteiger charge is 2.05. The Hall–Kier alpha value is -1.55. The van der Waals surface area contributed by atoms with Crippen molar-refractivity contribution in [2.45, 2.75) is 19.2 Å². The van der Waals surface area contributed by atoms with Crippen LogP contribution in [0, 0.1) is 6.92 Å². The van der Waals surface area contributed by atoms with Gasteiger partial charge in [-0.2, -0.15) is 0 Å². The maximum atomic E-state index is 5.79. The number of hydrogen-bond acceptors (Lipinski definition) is 3. The van der Waals surface area contributed by atoms with E-state index in [9.17, 15) is 0 Å². The molecule has 0 spiro atoms. The molecule has 100 valence electrons. The molecular weight excluding hydrogens is 306 g/mol. The average molecular weight is 322 g/mol. The van der Waals surface area contributed by atoms with Crippen molar-refractivity contribution < 1.29 is 9.47 Å². The molecule has 0 atom stereocenters. The maximum Gasteiger partial charge on any atom is 0.222 e. The summed E-state index contributed by atoms with van der Waals surface area (Å²) in [5.41, 5.74) is 2.15. The smallest absolute Gasteiger partial charge is 0.222 e. The summed E-state index contributed by atoms with van der Waals surface area (Å²) < 4.78 is 11.2. The van der Waals surface area contributed by atoms with E-state index in [1.54, 1.807) is 0 Å². The third kappa shape index (κ3) is 3.70. The van der Waals surface area contributed by atoms with Gasteiger partial charge in [-0.15, -0.1) is 0 Å². The lowest BCUT2D eigenvalue weighted by atomic mass is 10.2. The molecule has 0 bridgehead atoms. The lowest BCUT2D eigenvalue weighted by molar-refractivity contribution is 0.338. The maximum absolute atomic E-state index is 5.79. The van der Waals surface area contributed by atoms with Gasteiger partial charge in [0.25, 0.3) is 0 Å². The van der Waals surface area contributed by atoms with Crippen LogP contribution in [0.3, 0.4) is 0 Å². The van der Waals surface area contributed by atoms with Crippen molar-refractivity contribution in [1.29, 1.82) is 0 Å². The molecule has 0 amide bonds. The first kappa shape index (κ1) is 13.9. The van der Waals surface area contributed by atoms with Crippen molar-refractivity contribution in [2.24, 2.45) is 0 Å². The first-order chi connectivity index (χ1) is 9.22. The third-order valence-electron chi connectivity index (χ3n) is 2.57. The number of nitrogens with zero attached hydrogens (tertiary/aromatic N) is 1. The second-order valence-electron chi connectivity index (χ2n) is 4.11. The van der Waals surface area contributed by atoms with E-state index in [-0.39, 0.29) is 0 Å². The average Bonchev–Trinajstić information content (AvgIpc) is 2.42. The van der Waals surface area contributed by atoms with Crippen molar-refractivity contribution in [2.75, 3.05) is 6.61 Å². The minimum atomic E-state index is 0.623. The number of rotatable bonds is 5. The molecule has 3 nitrogen and oxygen atoms in total. The largest absolute Gasteiger partial charge is 0.494 e. The van der Waals surface area contributed by atoms with Crippen molar-refractivity contribution in [3.05, 3.63) is 47.7 Å². The Balaban J connectivity index is 2.18. The second kappa shape index (κ2) is 6.57. The summed E-state index contributed by atoms with van der Waals surface area (Å²) >= 11 is 3.41. The Kier molecular flexibility index (Phi) is 4.80. The van der Waals surface area contributed by atoms with Crippen molar-refractivity contribution in [1.82, 2.24) is 4.98 Å². The van der Waals surface area contributed by atoms with Crippen LogP contribution in [0.2, 0.25) is 0 Å². The molecule has 0 fully saturated rings. The number of aryl methyl sites for hydroxylation is 1. The molecule has 0 aliphatic carbocycles. The summed E-state index contributed by atoms with van der Waals surface area (Å²) in [6.07, 6.45) is 1.81. The summed E-state index contributed by atoms with van der Waals surface area (Å²) in [6.45, 7) is 4.58. The van der Waals surface area contributed by atoms with Gasteiger partial charge in [0.15, 0.2) is 0 Å². The topological polar surface area (TPSA) is 31.4 Å². The summed E-state index contributed by atoms with van der Waals surface area (Å²) in [7, 11) is 0. The van der Waals surface area contributed by atoms with Crippen LogP contribution < -0.4 is 9.47 Å². The summed E-state index contributed by atoms with van der Waals surface area (Å²) in [5, 5.41) is 0.793. The molecular formula is C15H16BrNO2. The molecule has 0 unspecified atom stereocenters. The highest BCUT2D eigenvalue weighted by molar-refractivity contribution is 9.08. The number of halogens is 1. The normalized spacial score (nSPS) is 10.3. The molecule has 0 saturated carbocycles. The van der Waals surface area contributed by atoms with Crippen LogP contribution in [0.5, 0.6) is 17.4 Å². The van der Waals surface area contributed by atoms with Gasteiger partial charge in [-0.3, -0.25) is 0 Å². The fourth-order valence-corrected chi connectivity index (χ4v) is 2.01. The highest BCUT2D eigenvalue weighted by atomic mass is 79.9. The SMILES string of the molecule is CCOc1cccc(Oc2ncc(CBr)cc2C)c1. The Morgan fingerprint density at radius 3 is 2.68 bits per heavy atom. The second-order valence-corrected chi connectivity index (χ2v) is 4.67. The van der Waals surface area contributed by atoms with Crippen LogP contribution in [-0.4, -0.2) is 11.6 Å². The molecule has 0 aliphatic heterocycles. The number of hydrogen-bond donors (Lipinski definition) is 0. The highest BCUT2D eigenvalue weighted by Crippen LogP contribution is 2.26. The van der Waals surface area contributed by atoms with Crippen molar-refractivity contribution in [3.8, 4) is 17.4 Å². The molecule has 2 aromatic rings. The number of aromatic nitrogens is 1. The zero-order valence-corrected chi connectivity index (χ0v) is 12.6. The van der Waals surface area contributed by atoms with E-state index in [4.69, 9.17) is 9.47 Å². The lowest BCUT2D eigenvalue weighted by Gasteiger charge is -2.10. The van der Waals surface area contributed by atoms with E-state index in [2.05, 4.69) is 27.0 Å². The van der Waals surface area contributed by atoms with E-state index in [0.717, 1.165) is 28.0 Å². The van der Waals surface area contributed by atoms with Gasteiger partial charge in [-0.1, -0.05) is 22.0 Å². The van der Waals surface area contributed by atoms with Crippen molar-refractivity contribution >= 4 is 15.9 Å². The van der Waals surface area contributed by atoms with Crippen LogP contribution >= 0.6 is 15.9 Å². The molecule has 1 aromatic carbocycles. The quantitative estimate of drug-likeness (QED) is 0.761. The molecule has 4 heteroatoms. The molecule has 19 heavy (non-hydrogen) atoms.